The summed E-state index contributed by atoms with van der Waals surface area (Å²) in [6.07, 6.45) is 0. The fraction of sp³-hybridized carbons (Fsp3) is 0.273. The number of nitrogens with zero attached hydrogens (tertiary/aromatic N) is 1. The molecule has 0 aliphatic carbocycles. The number of nitrogens with one attached hydrogen (secondary N) is 1. The van der Waals surface area contributed by atoms with Gasteiger partial charge in [0, 0.05) is 11.1 Å². The largest absolute Gasteiger partial charge is 0.494 e. The van der Waals surface area contributed by atoms with E-state index < -0.39 is 0 Å². The van der Waals surface area contributed by atoms with Crippen LogP contribution in [0, 0.1) is 0 Å². The van der Waals surface area contributed by atoms with Crippen molar-refractivity contribution in [1.82, 2.24) is 4.98 Å². The van der Waals surface area contributed by atoms with Crippen LogP contribution >= 0.6 is 11.3 Å². The van der Waals surface area contributed by atoms with Gasteiger partial charge in [-0.15, -0.1) is 0 Å². The first-order valence-electron chi connectivity index (χ1n) is 9.58. The molecule has 2 aromatic carbocycles. The minimum Gasteiger partial charge on any atom is -0.494 e. The van der Waals surface area contributed by atoms with Gasteiger partial charge in [0.25, 0.3) is 0 Å². The Morgan fingerprint density at radius 1 is 1.03 bits per heavy atom. The van der Waals surface area contributed by atoms with Crippen molar-refractivity contribution in [2.45, 2.75) is 6.92 Å². The lowest BCUT2D eigenvalue weighted by molar-refractivity contribution is -0.114. The lowest BCUT2D eigenvalue weighted by Crippen LogP contribution is -2.21. The van der Waals surface area contributed by atoms with E-state index in [9.17, 15) is 4.79 Å². The summed E-state index contributed by atoms with van der Waals surface area (Å²) in [5.41, 5.74) is 7.83. The third-order valence-corrected chi connectivity index (χ3v) is 5.44. The molecule has 0 aliphatic rings. The van der Waals surface area contributed by atoms with Crippen molar-refractivity contribution in [3.05, 3.63) is 36.4 Å². The first kappa shape index (κ1) is 22.4. The number of hydrogen-bond acceptors (Lipinski definition) is 8. The van der Waals surface area contributed by atoms with E-state index in [4.69, 9.17) is 24.7 Å². The van der Waals surface area contributed by atoms with E-state index in [1.54, 1.807) is 21.3 Å². The topological polar surface area (TPSA) is 105 Å². The molecule has 1 amide bonds. The van der Waals surface area contributed by atoms with Gasteiger partial charge in [0.2, 0.25) is 11.7 Å². The maximum absolute atomic E-state index is 11.8. The van der Waals surface area contributed by atoms with Crippen LogP contribution in [0.25, 0.3) is 21.7 Å². The molecule has 3 rings (SSSR count). The fourth-order valence-corrected chi connectivity index (χ4v) is 4.01. The normalized spacial score (nSPS) is 10.5. The fourth-order valence-electron chi connectivity index (χ4n) is 3.02. The van der Waals surface area contributed by atoms with Crippen LogP contribution in [0.5, 0.6) is 23.0 Å². The van der Waals surface area contributed by atoms with Gasteiger partial charge in [-0.05, 0) is 43.3 Å². The molecule has 0 radical (unpaired) electrons. The summed E-state index contributed by atoms with van der Waals surface area (Å²) in [6, 6.07) is 11.3. The maximum Gasteiger partial charge on any atom is 0.239 e. The Morgan fingerprint density at radius 3 is 2.19 bits per heavy atom. The summed E-state index contributed by atoms with van der Waals surface area (Å²) in [5, 5.41) is 3.18. The average molecular weight is 444 g/mol. The third-order valence-electron chi connectivity index (χ3n) is 4.42. The summed E-state index contributed by atoms with van der Waals surface area (Å²) in [5.74, 6) is 2.00. The Kier molecular flexibility index (Phi) is 7.32. The minimum absolute atomic E-state index is 0.127. The van der Waals surface area contributed by atoms with E-state index in [-0.39, 0.29) is 12.5 Å². The molecule has 0 spiro atoms. The molecule has 8 nitrogen and oxygen atoms in total. The van der Waals surface area contributed by atoms with Gasteiger partial charge in [0.15, 0.2) is 16.6 Å². The number of aromatic nitrogens is 1. The monoisotopic (exact) mass is 443 g/mol. The molecule has 9 heteroatoms. The second-order valence-corrected chi connectivity index (χ2v) is 7.32. The smallest absolute Gasteiger partial charge is 0.239 e. The Morgan fingerprint density at radius 2 is 1.68 bits per heavy atom. The molecule has 164 valence electrons. The van der Waals surface area contributed by atoms with E-state index in [2.05, 4.69) is 10.3 Å². The van der Waals surface area contributed by atoms with Crippen LogP contribution in [0.3, 0.4) is 0 Å². The molecule has 0 saturated carbocycles. The number of carbonyl (C=O) groups excluding carboxylic acids is 1. The van der Waals surface area contributed by atoms with Gasteiger partial charge in [0.05, 0.1) is 45.1 Å². The lowest BCUT2D eigenvalue weighted by Gasteiger charge is -2.14. The van der Waals surface area contributed by atoms with Crippen LogP contribution in [-0.4, -0.2) is 45.4 Å². The summed E-state index contributed by atoms with van der Waals surface area (Å²) in [6.45, 7) is 2.39. The molecule has 3 aromatic rings. The standard InChI is InChI=1S/C22H25N3O5S/c1-5-30-15-8-6-13(7-9-15)19-21(31-22(25-19)24-18(26)12-23)14-10-16(27-2)20(29-4)17(11-14)28-3/h6-11H,5,12,23H2,1-4H3,(H,24,25,26). The van der Waals surface area contributed by atoms with Gasteiger partial charge in [0.1, 0.15) is 5.75 Å². The highest BCUT2D eigenvalue weighted by atomic mass is 32.1. The summed E-state index contributed by atoms with van der Waals surface area (Å²) in [7, 11) is 4.68. The number of carbonyl (C=O) groups is 1. The van der Waals surface area contributed by atoms with Crippen LogP contribution in [0.4, 0.5) is 5.13 Å². The zero-order valence-electron chi connectivity index (χ0n) is 17.9. The molecule has 0 unspecified atom stereocenters. The first-order chi connectivity index (χ1) is 15.0. The van der Waals surface area contributed by atoms with Crippen molar-refractivity contribution in [2.24, 2.45) is 5.73 Å². The Bertz CT molecular complexity index is 1020. The lowest BCUT2D eigenvalue weighted by atomic mass is 10.1. The minimum atomic E-state index is -0.316. The SMILES string of the molecule is CCOc1ccc(-c2nc(NC(=O)CN)sc2-c2cc(OC)c(OC)c(OC)c2)cc1. The van der Waals surface area contributed by atoms with Crippen LogP contribution in [0.1, 0.15) is 6.92 Å². The molecule has 1 heterocycles. The van der Waals surface area contributed by atoms with Crippen LogP contribution < -0.4 is 30.0 Å². The van der Waals surface area contributed by atoms with E-state index in [0.717, 1.165) is 21.8 Å². The second kappa shape index (κ2) is 10.1. The average Bonchev–Trinajstić information content (AvgIpc) is 3.22. The quantitative estimate of drug-likeness (QED) is 0.518. The zero-order valence-corrected chi connectivity index (χ0v) is 18.7. The Balaban J connectivity index is 2.15. The van der Waals surface area contributed by atoms with Crippen molar-refractivity contribution in [1.29, 1.82) is 0 Å². The highest BCUT2D eigenvalue weighted by Crippen LogP contribution is 2.46. The number of benzene rings is 2. The summed E-state index contributed by atoms with van der Waals surface area (Å²) in [4.78, 5) is 17.3. The molecule has 0 fully saturated rings. The van der Waals surface area contributed by atoms with Crippen molar-refractivity contribution < 1.29 is 23.7 Å². The van der Waals surface area contributed by atoms with Crippen molar-refractivity contribution in [3.63, 3.8) is 0 Å². The predicted octanol–water partition coefficient (Wildman–Crippen LogP) is 3.80. The van der Waals surface area contributed by atoms with Crippen LogP contribution in [-0.2, 0) is 4.79 Å². The van der Waals surface area contributed by atoms with Gasteiger partial charge in [-0.1, -0.05) is 11.3 Å². The number of methoxy groups -OCH3 is 3. The van der Waals surface area contributed by atoms with Crippen LogP contribution in [0.2, 0.25) is 0 Å². The molecule has 1 aromatic heterocycles. The molecular formula is C22H25N3O5S. The Labute approximate surface area is 184 Å². The molecule has 31 heavy (non-hydrogen) atoms. The molecule has 0 aliphatic heterocycles. The van der Waals surface area contributed by atoms with Crippen molar-refractivity contribution >= 4 is 22.4 Å². The van der Waals surface area contributed by atoms with Gasteiger partial charge >= 0.3 is 0 Å². The van der Waals surface area contributed by atoms with Gasteiger partial charge in [-0.25, -0.2) is 4.98 Å². The number of amides is 1. The van der Waals surface area contributed by atoms with Crippen LogP contribution in [0.15, 0.2) is 36.4 Å². The highest BCUT2D eigenvalue weighted by Gasteiger charge is 2.20. The van der Waals surface area contributed by atoms with E-state index in [0.29, 0.717) is 34.7 Å². The molecule has 0 bridgehead atoms. The summed E-state index contributed by atoms with van der Waals surface area (Å²) < 4.78 is 21.9. The van der Waals surface area contributed by atoms with Gasteiger partial charge in [-0.2, -0.15) is 0 Å². The highest BCUT2D eigenvalue weighted by molar-refractivity contribution is 7.19. The number of nitrogens with two attached hydrogens (primary N) is 1. The van der Waals surface area contributed by atoms with E-state index in [1.807, 2.05) is 43.3 Å². The number of anilines is 1. The number of rotatable bonds is 9. The van der Waals surface area contributed by atoms with Crippen molar-refractivity contribution in [2.75, 3.05) is 39.8 Å². The number of ether oxygens (including phenoxy) is 4. The van der Waals surface area contributed by atoms with Gasteiger partial charge in [-0.3, -0.25) is 4.79 Å². The van der Waals surface area contributed by atoms with Crippen molar-refractivity contribution in [3.8, 4) is 44.7 Å². The summed E-state index contributed by atoms with van der Waals surface area (Å²) >= 11 is 1.34. The second-order valence-electron chi connectivity index (χ2n) is 6.32. The first-order valence-corrected chi connectivity index (χ1v) is 10.4. The zero-order chi connectivity index (χ0) is 22.4. The predicted molar refractivity (Wildman–Crippen MR) is 121 cm³/mol. The maximum atomic E-state index is 11.8. The van der Waals surface area contributed by atoms with E-state index in [1.165, 1.54) is 11.3 Å². The van der Waals surface area contributed by atoms with Gasteiger partial charge < -0.3 is 30.0 Å². The number of thiazole rings is 1. The Hall–Kier alpha value is -3.30. The molecule has 3 N–H and O–H groups in total. The number of hydrogen-bond donors (Lipinski definition) is 2. The molecular weight excluding hydrogens is 418 g/mol. The third kappa shape index (κ3) is 4.89. The molecule has 0 saturated heterocycles. The van der Waals surface area contributed by atoms with E-state index >= 15 is 0 Å². The molecule has 0 atom stereocenters.